The average molecular weight is 224 g/mol. The smallest absolute Gasteiger partial charge is 0.311 e. The number of hydrogen-bond donors (Lipinski definition) is 3. The van der Waals surface area contributed by atoms with Crippen LogP contribution < -0.4 is 0 Å². The molecule has 0 aromatic heterocycles. The molecule has 1 aromatic carbocycles. The van der Waals surface area contributed by atoms with Crippen molar-refractivity contribution in [1.29, 1.82) is 0 Å². The maximum absolute atomic E-state index is 10.9. The molecule has 5 heteroatoms. The topological polar surface area (TPSA) is 94.8 Å². The molecule has 0 spiro atoms. The van der Waals surface area contributed by atoms with Gasteiger partial charge in [-0.3, -0.25) is 9.59 Å². The van der Waals surface area contributed by atoms with E-state index in [9.17, 15) is 14.7 Å². The Morgan fingerprint density at radius 3 is 2.44 bits per heavy atom. The lowest BCUT2D eigenvalue weighted by atomic mass is 9.93. The van der Waals surface area contributed by atoms with Crippen molar-refractivity contribution in [2.24, 2.45) is 0 Å². The predicted molar refractivity (Wildman–Crippen MR) is 55.5 cm³/mol. The standard InChI is InChI=1S/C11H12O5/c1-6-2-3-9(12)7(4-6)8(11(15)16)5-10(13)14/h2-4,8,12H,5H2,1H3,(H,13,14)(H,15,16). The highest BCUT2D eigenvalue weighted by Gasteiger charge is 2.25. The van der Waals surface area contributed by atoms with Crippen molar-refractivity contribution in [3.05, 3.63) is 29.3 Å². The summed E-state index contributed by atoms with van der Waals surface area (Å²) in [5.41, 5.74) is 0.902. The molecule has 1 aromatic rings. The number of hydrogen-bond acceptors (Lipinski definition) is 3. The zero-order valence-electron chi connectivity index (χ0n) is 8.67. The van der Waals surface area contributed by atoms with Crippen LogP contribution in [0.2, 0.25) is 0 Å². The lowest BCUT2D eigenvalue weighted by molar-refractivity contribution is -0.145. The molecule has 5 nitrogen and oxygen atoms in total. The predicted octanol–water partition coefficient (Wildman–Crippen LogP) is 1.34. The molecule has 16 heavy (non-hydrogen) atoms. The van der Waals surface area contributed by atoms with Gasteiger partial charge in [-0.2, -0.15) is 0 Å². The van der Waals surface area contributed by atoms with E-state index in [1.165, 1.54) is 12.1 Å². The van der Waals surface area contributed by atoms with Crippen LogP contribution in [0.15, 0.2) is 18.2 Å². The maximum atomic E-state index is 10.9. The van der Waals surface area contributed by atoms with Crippen molar-refractivity contribution in [3.63, 3.8) is 0 Å². The van der Waals surface area contributed by atoms with Gasteiger partial charge in [0.25, 0.3) is 0 Å². The Kier molecular flexibility index (Phi) is 3.50. The fourth-order valence-corrected chi connectivity index (χ4v) is 1.46. The summed E-state index contributed by atoms with van der Waals surface area (Å²) >= 11 is 0. The normalized spacial score (nSPS) is 12.1. The Morgan fingerprint density at radius 2 is 1.94 bits per heavy atom. The number of aryl methyl sites for hydroxylation is 1. The van der Waals surface area contributed by atoms with Crippen molar-refractivity contribution in [2.75, 3.05) is 0 Å². The third kappa shape index (κ3) is 2.73. The molecule has 0 aliphatic rings. The van der Waals surface area contributed by atoms with Gasteiger partial charge in [0.2, 0.25) is 0 Å². The van der Waals surface area contributed by atoms with Crippen LogP contribution in [0.1, 0.15) is 23.5 Å². The van der Waals surface area contributed by atoms with E-state index in [1.807, 2.05) is 0 Å². The summed E-state index contributed by atoms with van der Waals surface area (Å²) in [6.07, 6.45) is -0.549. The van der Waals surface area contributed by atoms with Gasteiger partial charge >= 0.3 is 11.9 Å². The van der Waals surface area contributed by atoms with Crippen LogP contribution in [-0.2, 0) is 9.59 Å². The molecular formula is C11H12O5. The number of carboxylic acid groups (broad SMARTS) is 2. The van der Waals surface area contributed by atoms with Crippen LogP contribution in [0.4, 0.5) is 0 Å². The van der Waals surface area contributed by atoms with Gasteiger partial charge in [-0.1, -0.05) is 17.7 Å². The molecule has 0 fully saturated rings. The molecule has 0 saturated carbocycles. The zero-order chi connectivity index (χ0) is 12.3. The van der Waals surface area contributed by atoms with Gasteiger partial charge in [-0.15, -0.1) is 0 Å². The van der Waals surface area contributed by atoms with Gasteiger partial charge in [-0.05, 0) is 13.0 Å². The number of phenolic OH excluding ortho intramolecular Hbond substituents is 1. The summed E-state index contributed by atoms with van der Waals surface area (Å²) in [4.78, 5) is 21.5. The number of aliphatic carboxylic acids is 2. The summed E-state index contributed by atoms with van der Waals surface area (Å²) < 4.78 is 0. The van der Waals surface area contributed by atoms with E-state index in [-0.39, 0.29) is 11.3 Å². The van der Waals surface area contributed by atoms with E-state index >= 15 is 0 Å². The first-order valence-corrected chi connectivity index (χ1v) is 4.66. The van der Waals surface area contributed by atoms with Gasteiger partial charge in [0.1, 0.15) is 5.75 Å². The molecule has 1 atom stereocenters. The Hall–Kier alpha value is -2.04. The number of benzene rings is 1. The van der Waals surface area contributed by atoms with Gasteiger partial charge < -0.3 is 15.3 Å². The second-order valence-electron chi connectivity index (χ2n) is 3.55. The highest BCUT2D eigenvalue weighted by atomic mass is 16.4. The van der Waals surface area contributed by atoms with Gasteiger partial charge in [-0.25, -0.2) is 0 Å². The highest BCUT2D eigenvalue weighted by Crippen LogP contribution is 2.29. The fraction of sp³-hybridized carbons (Fsp3) is 0.273. The molecule has 0 saturated heterocycles. The van der Waals surface area contributed by atoms with Gasteiger partial charge in [0, 0.05) is 5.56 Å². The molecule has 0 bridgehead atoms. The van der Waals surface area contributed by atoms with E-state index in [2.05, 4.69) is 0 Å². The van der Waals surface area contributed by atoms with E-state index in [4.69, 9.17) is 10.2 Å². The van der Waals surface area contributed by atoms with E-state index in [0.717, 1.165) is 5.56 Å². The number of carboxylic acids is 2. The molecule has 0 aliphatic heterocycles. The molecule has 0 amide bonds. The minimum Gasteiger partial charge on any atom is -0.508 e. The van der Waals surface area contributed by atoms with Crippen LogP contribution in [-0.4, -0.2) is 27.3 Å². The summed E-state index contributed by atoms with van der Waals surface area (Å²) in [5, 5.41) is 27.0. The summed E-state index contributed by atoms with van der Waals surface area (Å²) in [5.74, 6) is -3.90. The fourth-order valence-electron chi connectivity index (χ4n) is 1.46. The van der Waals surface area contributed by atoms with E-state index in [0.29, 0.717) is 0 Å². The summed E-state index contributed by atoms with van der Waals surface area (Å²) in [6, 6.07) is 4.47. The molecule has 0 aliphatic carbocycles. The lowest BCUT2D eigenvalue weighted by Crippen LogP contribution is -2.16. The lowest BCUT2D eigenvalue weighted by Gasteiger charge is -2.12. The molecule has 1 unspecified atom stereocenters. The van der Waals surface area contributed by atoms with Crippen LogP contribution >= 0.6 is 0 Å². The number of carbonyl (C=O) groups is 2. The van der Waals surface area contributed by atoms with Crippen molar-refractivity contribution in [1.82, 2.24) is 0 Å². The van der Waals surface area contributed by atoms with Crippen LogP contribution in [0.5, 0.6) is 5.75 Å². The Bertz CT molecular complexity index is 424. The minimum atomic E-state index is -1.26. The first kappa shape index (κ1) is 12.0. The first-order chi connectivity index (χ1) is 7.41. The number of phenols is 1. The minimum absolute atomic E-state index is 0.134. The molecular weight excluding hydrogens is 212 g/mol. The highest BCUT2D eigenvalue weighted by molar-refractivity contribution is 5.83. The second kappa shape index (κ2) is 4.65. The molecule has 1 rings (SSSR count). The quantitative estimate of drug-likeness (QED) is 0.717. The van der Waals surface area contributed by atoms with Gasteiger partial charge in [0.05, 0.1) is 12.3 Å². The van der Waals surface area contributed by atoms with Crippen LogP contribution in [0.25, 0.3) is 0 Å². The van der Waals surface area contributed by atoms with E-state index in [1.54, 1.807) is 13.0 Å². The second-order valence-corrected chi connectivity index (χ2v) is 3.55. The Balaban J connectivity index is 3.14. The third-order valence-corrected chi connectivity index (χ3v) is 2.24. The van der Waals surface area contributed by atoms with Crippen molar-refractivity contribution in [3.8, 4) is 5.75 Å². The summed E-state index contributed by atoms with van der Waals surface area (Å²) in [6.45, 7) is 1.74. The number of rotatable bonds is 4. The molecule has 0 heterocycles. The first-order valence-electron chi connectivity index (χ1n) is 4.66. The SMILES string of the molecule is Cc1ccc(O)c(C(CC(=O)O)C(=O)O)c1. The van der Waals surface area contributed by atoms with Crippen LogP contribution in [0.3, 0.4) is 0 Å². The van der Waals surface area contributed by atoms with Crippen LogP contribution in [0, 0.1) is 6.92 Å². The number of aromatic hydroxyl groups is 1. The van der Waals surface area contributed by atoms with Crippen molar-refractivity contribution < 1.29 is 24.9 Å². The average Bonchev–Trinajstić information content (AvgIpc) is 2.18. The molecule has 86 valence electrons. The Morgan fingerprint density at radius 1 is 1.31 bits per heavy atom. The Labute approximate surface area is 92.0 Å². The molecule has 0 radical (unpaired) electrons. The molecule has 3 N–H and O–H groups in total. The third-order valence-electron chi connectivity index (χ3n) is 2.24. The largest absolute Gasteiger partial charge is 0.508 e. The maximum Gasteiger partial charge on any atom is 0.311 e. The zero-order valence-corrected chi connectivity index (χ0v) is 8.67. The van der Waals surface area contributed by atoms with Gasteiger partial charge in [0.15, 0.2) is 0 Å². The van der Waals surface area contributed by atoms with Crippen molar-refractivity contribution >= 4 is 11.9 Å². The van der Waals surface area contributed by atoms with E-state index < -0.39 is 24.3 Å². The van der Waals surface area contributed by atoms with Crippen molar-refractivity contribution in [2.45, 2.75) is 19.3 Å². The monoisotopic (exact) mass is 224 g/mol. The summed E-state index contributed by atoms with van der Waals surface area (Å²) in [7, 11) is 0.